The van der Waals surface area contributed by atoms with Crippen molar-refractivity contribution in [2.45, 2.75) is 32.5 Å². The van der Waals surface area contributed by atoms with E-state index in [2.05, 4.69) is 22.0 Å². The second kappa shape index (κ2) is 10.5. The molecule has 1 aromatic carbocycles. The van der Waals surface area contributed by atoms with Crippen LogP contribution < -0.4 is 15.8 Å². The van der Waals surface area contributed by atoms with E-state index in [4.69, 9.17) is 5.73 Å². The van der Waals surface area contributed by atoms with Crippen molar-refractivity contribution in [1.82, 2.24) is 5.32 Å². The number of benzene rings is 1. The van der Waals surface area contributed by atoms with Crippen LogP contribution in [0.25, 0.3) is 0 Å². The third kappa shape index (κ3) is 9.69. The Kier molecular flexibility index (Phi) is 9.95. The highest BCUT2D eigenvalue weighted by Gasteiger charge is 2.28. The van der Waals surface area contributed by atoms with Crippen LogP contribution in [0.4, 0.5) is 13.2 Å². The van der Waals surface area contributed by atoms with Crippen molar-refractivity contribution in [2.75, 3.05) is 13.2 Å². The van der Waals surface area contributed by atoms with Crippen LogP contribution in [-0.4, -0.2) is 25.3 Å². The van der Waals surface area contributed by atoms with Gasteiger partial charge >= 0.3 is 6.18 Å². The van der Waals surface area contributed by atoms with E-state index in [1.54, 1.807) is 12.1 Å². The molecule has 126 valence electrons. The quantitative estimate of drug-likeness (QED) is 0.301. The van der Waals surface area contributed by atoms with Gasteiger partial charge in [-0.05, 0) is 24.1 Å². The summed E-state index contributed by atoms with van der Waals surface area (Å²) in [6, 6.07) is 6.29. The Morgan fingerprint density at radius 3 is 2.45 bits per heavy atom. The Morgan fingerprint density at radius 2 is 1.91 bits per heavy atom. The van der Waals surface area contributed by atoms with E-state index < -0.39 is 12.8 Å². The molecule has 0 saturated heterocycles. The zero-order chi connectivity index (χ0) is 15.7. The first-order valence-corrected chi connectivity index (χ1v) is 6.73. The van der Waals surface area contributed by atoms with Crippen LogP contribution in [0, 0.1) is 0 Å². The van der Waals surface area contributed by atoms with Crippen LogP contribution in [0.2, 0.25) is 0 Å². The minimum Gasteiger partial charge on any atom is -0.484 e. The minimum atomic E-state index is -4.33. The van der Waals surface area contributed by atoms with Crippen LogP contribution >= 0.6 is 24.0 Å². The number of nitrogens with zero attached hydrogens (tertiary/aromatic N) is 1. The number of unbranched alkanes of at least 4 members (excludes halogenated alkanes) is 1. The molecule has 0 aromatic heterocycles. The molecule has 3 N–H and O–H groups in total. The number of nitrogens with two attached hydrogens (primary N) is 1. The molecule has 0 amide bonds. The fraction of sp³-hybridized carbons (Fsp3) is 0.500. The van der Waals surface area contributed by atoms with E-state index in [9.17, 15) is 13.2 Å². The molecule has 0 heterocycles. The number of ether oxygens (including phenoxy) is 1. The zero-order valence-corrected chi connectivity index (χ0v) is 14.7. The van der Waals surface area contributed by atoms with Crippen molar-refractivity contribution in [3.8, 4) is 5.75 Å². The maximum absolute atomic E-state index is 12.0. The molecule has 0 radical (unpaired) electrons. The summed E-state index contributed by atoms with van der Waals surface area (Å²) in [6.07, 6.45) is -2.25. The number of rotatable bonds is 7. The van der Waals surface area contributed by atoms with Gasteiger partial charge in [-0.2, -0.15) is 13.2 Å². The van der Waals surface area contributed by atoms with Gasteiger partial charge in [0.25, 0.3) is 0 Å². The lowest BCUT2D eigenvalue weighted by atomic mass is 10.2. The Bertz CT molecular complexity index is 450. The molecule has 0 spiro atoms. The van der Waals surface area contributed by atoms with Crippen molar-refractivity contribution in [3.05, 3.63) is 29.8 Å². The van der Waals surface area contributed by atoms with E-state index >= 15 is 0 Å². The first-order valence-electron chi connectivity index (χ1n) is 6.73. The molecule has 1 rings (SSSR count). The predicted molar refractivity (Wildman–Crippen MR) is 91.6 cm³/mol. The fourth-order valence-electron chi connectivity index (χ4n) is 1.48. The van der Waals surface area contributed by atoms with Gasteiger partial charge in [-0.1, -0.05) is 25.5 Å². The summed E-state index contributed by atoms with van der Waals surface area (Å²) in [6.45, 7) is 1.93. The summed E-state index contributed by atoms with van der Waals surface area (Å²) in [4.78, 5) is 4.14. The number of aliphatic imine (C=N–C) groups is 1. The maximum Gasteiger partial charge on any atom is 0.422 e. The molecule has 0 aliphatic heterocycles. The van der Waals surface area contributed by atoms with Crippen molar-refractivity contribution < 1.29 is 17.9 Å². The summed E-state index contributed by atoms with van der Waals surface area (Å²) in [7, 11) is 0. The summed E-state index contributed by atoms with van der Waals surface area (Å²) in [5.74, 6) is 0.537. The average Bonchev–Trinajstić information content (AvgIpc) is 2.43. The molecule has 0 aliphatic rings. The van der Waals surface area contributed by atoms with Gasteiger partial charge in [-0.15, -0.1) is 24.0 Å². The van der Waals surface area contributed by atoms with Gasteiger partial charge in [0.15, 0.2) is 12.6 Å². The molecule has 0 bridgehead atoms. The zero-order valence-electron chi connectivity index (χ0n) is 12.3. The van der Waals surface area contributed by atoms with E-state index in [0.29, 0.717) is 12.5 Å². The van der Waals surface area contributed by atoms with Crippen LogP contribution in [0.15, 0.2) is 29.3 Å². The number of hydrogen-bond acceptors (Lipinski definition) is 2. The third-order valence-electron chi connectivity index (χ3n) is 2.59. The number of nitrogens with one attached hydrogen (secondary N) is 1. The topological polar surface area (TPSA) is 59.6 Å². The van der Waals surface area contributed by atoms with Gasteiger partial charge in [-0.25, -0.2) is 4.99 Å². The highest BCUT2D eigenvalue weighted by molar-refractivity contribution is 14.0. The molecule has 0 atom stereocenters. The van der Waals surface area contributed by atoms with E-state index in [0.717, 1.165) is 24.9 Å². The van der Waals surface area contributed by atoms with Crippen molar-refractivity contribution in [3.63, 3.8) is 0 Å². The predicted octanol–water partition coefficient (Wildman–Crippen LogP) is 3.45. The van der Waals surface area contributed by atoms with E-state index in [1.807, 2.05) is 0 Å². The summed E-state index contributed by atoms with van der Waals surface area (Å²) in [5, 5.41) is 2.98. The maximum atomic E-state index is 12.0. The highest BCUT2D eigenvalue weighted by Crippen LogP contribution is 2.18. The molecule has 0 saturated carbocycles. The first kappa shape index (κ1) is 20.8. The van der Waals surface area contributed by atoms with E-state index in [1.165, 1.54) is 12.1 Å². The fourth-order valence-corrected chi connectivity index (χ4v) is 1.48. The molecular weight excluding hydrogens is 410 g/mol. The average molecular weight is 431 g/mol. The monoisotopic (exact) mass is 431 g/mol. The molecular formula is C14H21F3IN3O. The lowest BCUT2D eigenvalue weighted by Crippen LogP contribution is -2.32. The Hall–Kier alpha value is -1.19. The van der Waals surface area contributed by atoms with Gasteiger partial charge in [0.2, 0.25) is 0 Å². The van der Waals surface area contributed by atoms with Gasteiger partial charge in [0.05, 0.1) is 6.54 Å². The lowest BCUT2D eigenvalue weighted by molar-refractivity contribution is -0.153. The molecule has 0 unspecified atom stereocenters. The summed E-state index contributed by atoms with van der Waals surface area (Å²) < 4.78 is 40.6. The molecule has 0 fully saturated rings. The standard InChI is InChI=1S/C14H20F3N3O.HI/c1-2-3-8-19-13(18)20-9-11-4-6-12(7-5-11)21-10-14(15,16)17;/h4-7H,2-3,8-10H2,1H3,(H3,18,19,20);1H. The summed E-state index contributed by atoms with van der Waals surface area (Å²) >= 11 is 0. The van der Waals surface area contributed by atoms with Gasteiger partial charge < -0.3 is 15.8 Å². The van der Waals surface area contributed by atoms with E-state index in [-0.39, 0.29) is 29.7 Å². The van der Waals surface area contributed by atoms with Crippen molar-refractivity contribution >= 4 is 29.9 Å². The Labute approximate surface area is 145 Å². The van der Waals surface area contributed by atoms with Crippen LogP contribution in [0.3, 0.4) is 0 Å². The highest BCUT2D eigenvalue weighted by atomic mass is 127. The molecule has 8 heteroatoms. The number of halogens is 4. The normalized spacial score (nSPS) is 11.7. The van der Waals surface area contributed by atoms with Crippen LogP contribution in [0.1, 0.15) is 25.3 Å². The SMILES string of the molecule is CCCCNC(N)=NCc1ccc(OCC(F)(F)F)cc1.I. The lowest BCUT2D eigenvalue weighted by Gasteiger charge is -2.09. The van der Waals surface area contributed by atoms with Crippen LogP contribution in [0.5, 0.6) is 5.75 Å². The first-order chi connectivity index (χ1) is 9.90. The molecule has 1 aromatic rings. The Morgan fingerprint density at radius 1 is 1.27 bits per heavy atom. The molecule has 0 aliphatic carbocycles. The smallest absolute Gasteiger partial charge is 0.422 e. The number of alkyl halides is 3. The van der Waals surface area contributed by atoms with Gasteiger partial charge in [0, 0.05) is 6.54 Å². The van der Waals surface area contributed by atoms with Gasteiger partial charge in [0.1, 0.15) is 5.75 Å². The van der Waals surface area contributed by atoms with Crippen molar-refractivity contribution in [2.24, 2.45) is 10.7 Å². The third-order valence-corrected chi connectivity index (χ3v) is 2.59. The second-order valence-corrected chi connectivity index (χ2v) is 4.53. The molecule has 22 heavy (non-hydrogen) atoms. The number of guanidine groups is 1. The Balaban J connectivity index is 0.00000441. The number of hydrogen-bond donors (Lipinski definition) is 2. The van der Waals surface area contributed by atoms with Crippen LogP contribution in [-0.2, 0) is 6.54 Å². The molecule has 4 nitrogen and oxygen atoms in total. The largest absolute Gasteiger partial charge is 0.484 e. The summed E-state index contributed by atoms with van der Waals surface area (Å²) in [5.41, 5.74) is 6.52. The second-order valence-electron chi connectivity index (χ2n) is 4.53. The van der Waals surface area contributed by atoms with Gasteiger partial charge in [-0.3, -0.25) is 0 Å². The van der Waals surface area contributed by atoms with Crippen molar-refractivity contribution in [1.29, 1.82) is 0 Å². The minimum absolute atomic E-state index is 0.